The molecule has 0 saturated carbocycles. The summed E-state index contributed by atoms with van der Waals surface area (Å²) in [7, 11) is -1.68. The number of imidazole rings is 1. The molecule has 0 saturated heterocycles. The summed E-state index contributed by atoms with van der Waals surface area (Å²) in [5.74, 6) is 0.494. The van der Waals surface area contributed by atoms with E-state index in [4.69, 9.17) is 28.2 Å². The lowest BCUT2D eigenvalue weighted by molar-refractivity contribution is 0.236. The Kier molecular flexibility index (Phi) is 9.01. The van der Waals surface area contributed by atoms with Gasteiger partial charge in [0.15, 0.2) is 0 Å². The van der Waals surface area contributed by atoms with Crippen LogP contribution in [0.3, 0.4) is 0 Å². The van der Waals surface area contributed by atoms with Crippen LogP contribution < -0.4 is 20.7 Å². The van der Waals surface area contributed by atoms with E-state index in [1.54, 1.807) is 18.2 Å². The molecule has 1 atom stereocenters. The Balaban J connectivity index is 1.55. The average molecular weight is 588 g/mol. The molecule has 0 aliphatic heterocycles. The molecule has 0 aliphatic carbocycles. The van der Waals surface area contributed by atoms with Gasteiger partial charge in [0.25, 0.3) is 0 Å². The summed E-state index contributed by atoms with van der Waals surface area (Å²) in [5, 5.41) is 9.59. The Labute approximate surface area is 237 Å². The van der Waals surface area contributed by atoms with Crippen LogP contribution in [0.25, 0.3) is 11.3 Å². The second-order valence-electron chi connectivity index (χ2n) is 8.86. The number of aromatic nitrogens is 2. The van der Waals surface area contributed by atoms with E-state index in [1.807, 2.05) is 61.6 Å². The number of H-pyrrole nitrogens is 1. The number of rotatable bonds is 10. The Hall–Kier alpha value is -3.73. The molecule has 0 unspecified atom stereocenters. The van der Waals surface area contributed by atoms with Crippen molar-refractivity contribution in [3.63, 3.8) is 0 Å². The van der Waals surface area contributed by atoms with E-state index in [0.29, 0.717) is 39.4 Å². The fraction of sp³-hybridized carbons (Fsp3) is 0.185. The third kappa shape index (κ3) is 7.89. The molecule has 1 aromatic heterocycles. The summed E-state index contributed by atoms with van der Waals surface area (Å²) in [6, 6.07) is 21.1. The normalized spacial score (nSPS) is 12.0. The number of aromatic amines is 1. The zero-order valence-electron chi connectivity index (χ0n) is 21.3. The lowest BCUT2D eigenvalue weighted by Crippen LogP contribution is -2.39. The van der Waals surface area contributed by atoms with Crippen LogP contribution in [0, 0.1) is 0 Å². The lowest BCUT2D eigenvalue weighted by Gasteiger charge is -2.18. The van der Waals surface area contributed by atoms with Crippen LogP contribution in [-0.4, -0.2) is 37.7 Å². The number of amides is 2. The monoisotopic (exact) mass is 586 g/mol. The zero-order chi connectivity index (χ0) is 28.0. The fourth-order valence-corrected chi connectivity index (χ4v) is 5.02. The number of hydrogen-bond acceptors (Lipinski definition) is 5. The molecule has 0 fully saturated rings. The predicted molar refractivity (Wildman–Crippen MR) is 157 cm³/mol. The Morgan fingerprint density at radius 2 is 1.74 bits per heavy atom. The van der Waals surface area contributed by atoms with Gasteiger partial charge in [0.05, 0.1) is 18.0 Å². The number of sulfonamides is 1. The summed E-state index contributed by atoms with van der Waals surface area (Å²) >= 11 is 12.6. The van der Waals surface area contributed by atoms with E-state index in [2.05, 4.69) is 25.7 Å². The number of carbonyl (C=O) groups is 1. The number of nitrogens with zero attached hydrogens (tertiary/aromatic N) is 1. The molecular weight excluding hydrogens is 559 g/mol. The van der Waals surface area contributed by atoms with Crippen LogP contribution in [-0.2, 0) is 23.0 Å². The van der Waals surface area contributed by atoms with E-state index in [-0.39, 0.29) is 6.54 Å². The van der Waals surface area contributed by atoms with Gasteiger partial charge in [-0.15, -0.1) is 0 Å². The molecule has 0 aliphatic rings. The minimum atomic E-state index is -3.52. The van der Waals surface area contributed by atoms with Crippen molar-refractivity contribution in [3.8, 4) is 11.3 Å². The van der Waals surface area contributed by atoms with Crippen molar-refractivity contribution in [2.75, 3.05) is 23.3 Å². The topological polar surface area (TPSA) is 128 Å². The number of hydrogen-bond donors (Lipinski definition) is 5. The number of anilines is 2. The molecule has 0 spiro atoms. The number of benzene rings is 3. The maximum atomic E-state index is 13.0. The molecule has 0 radical (unpaired) electrons. The third-order valence-electron chi connectivity index (χ3n) is 5.85. The summed E-state index contributed by atoms with van der Waals surface area (Å²) in [4.78, 5) is 20.9. The van der Waals surface area contributed by atoms with Crippen LogP contribution >= 0.6 is 23.2 Å². The second-order valence-corrected chi connectivity index (χ2v) is 11.4. The van der Waals surface area contributed by atoms with Crippen molar-refractivity contribution in [2.45, 2.75) is 19.0 Å². The second kappa shape index (κ2) is 12.4. The highest BCUT2D eigenvalue weighted by molar-refractivity contribution is 7.92. The summed E-state index contributed by atoms with van der Waals surface area (Å²) < 4.78 is 25.9. The average Bonchev–Trinajstić information content (AvgIpc) is 3.30. The van der Waals surface area contributed by atoms with Crippen LogP contribution in [0.15, 0.2) is 72.8 Å². The minimum absolute atomic E-state index is 0.0320. The number of halogens is 2. The van der Waals surface area contributed by atoms with Crippen molar-refractivity contribution in [1.82, 2.24) is 20.6 Å². The van der Waals surface area contributed by atoms with E-state index in [1.165, 1.54) is 0 Å². The van der Waals surface area contributed by atoms with Crippen molar-refractivity contribution in [3.05, 3.63) is 99.9 Å². The summed E-state index contributed by atoms with van der Waals surface area (Å²) in [6.07, 6.45) is 1.51. The molecule has 2 amide bonds. The largest absolute Gasteiger partial charge is 0.388 e. The van der Waals surface area contributed by atoms with Crippen molar-refractivity contribution >= 4 is 50.6 Å². The molecule has 4 rings (SSSR count). The number of urea groups is 1. The maximum Gasteiger partial charge on any atom is 0.315 e. The first-order valence-corrected chi connectivity index (χ1v) is 14.6. The Morgan fingerprint density at radius 3 is 2.41 bits per heavy atom. The number of carbonyl (C=O) groups excluding carboxylic acids is 1. The van der Waals surface area contributed by atoms with Crippen molar-refractivity contribution < 1.29 is 13.2 Å². The van der Waals surface area contributed by atoms with Crippen molar-refractivity contribution in [2.24, 2.45) is 0 Å². The molecule has 39 heavy (non-hydrogen) atoms. The van der Waals surface area contributed by atoms with E-state index >= 15 is 0 Å². The highest BCUT2D eigenvalue weighted by atomic mass is 35.5. The lowest BCUT2D eigenvalue weighted by atomic mass is 10.1. The van der Waals surface area contributed by atoms with Gasteiger partial charge in [-0.2, -0.15) is 0 Å². The van der Waals surface area contributed by atoms with Gasteiger partial charge >= 0.3 is 6.03 Å². The molecule has 0 bridgehead atoms. The molecule has 9 nitrogen and oxygen atoms in total. The number of nitrogens with one attached hydrogen (secondary N) is 5. The standard InChI is InChI=1S/C27H28Cl2N6O3S/c1-30-21-11-8-18(9-12-21)24-25(29)34-26(33-24)23(14-17-6-4-3-5-7-17)32-27(36)31-16-19-15-20(28)10-13-22(19)35-39(2,37)38/h3-13,15,23,30,35H,14,16H2,1-2H3,(H,33,34)(H2,31,32,36)/t23-/m0/s1. The fourth-order valence-electron chi connectivity index (χ4n) is 3.98. The van der Waals surface area contributed by atoms with Crippen LogP contribution in [0.4, 0.5) is 16.2 Å². The summed E-state index contributed by atoms with van der Waals surface area (Å²) in [5.41, 5.74) is 4.19. The molecule has 204 valence electrons. The van der Waals surface area contributed by atoms with E-state index < -0.39 is 22.1 Å². The smallest absolute Gasteiger partial charge is 0.315 e. The van der Waals surface area contributed by atoms with Gasteiger partial charge in [0.2, 0.25) is 10.0 Å². The van der Waals surface area contributed by atoms with Crippen LogP contribution in [0.5, 0.6) is 0 Å². The van der Waals surface area contributed by atoms with E-state index in [0.717, 1.165) is 23.1 Å². The first-order valence-electron chi connectivity index (χ1n) is 12.0. The third-order valence-corrected chi connectivity index (χ3v) is 6.94. The van der Waals surface area contributed by atoms with Crippen LogP contribution in [0.1, 0.15) is 23.0 Å². The zero-order valence-corrected chi connectivity index (χ0v) is 23.6. The van der Waals surface area contributed by atoms with E-state index in [9.17, 15) is 13.2 Å². The van der Waals surface area contributed by atoms with Gasteiger partial charge in [-0.05, 0) is 47.9 Å². The molecule has 12 heteroatoms. The first kappa shape index (κ1) is 28.3. The van der Waals surface area contributed by atoms with Gasteiger partial charge in [0.1, 0.15) is 16.7 Å². The van der Waals surface area contributed by atoms with Gasteiger partial charge in [-0.1, -0.05) is 65.7 Å². The highest BCUT2D eigenvalue weighted by Crippen LogP contribution is 2.29. The first-order chi connectivity index (χ1) is 18.6. The molecule has 5 N–H and O–H groups in total. The van der Waals surface area contributed by atoms with Gasteiger partial charge in [-0.3, -0.25) is 4.72 Å². The highest BCUT2D eigenvalue weighted by Gasteiger charge is 2.22. The predicted octanol–water partition coefficient (Wildman–Crippen LogP) is 5.58. The molecule has 4 aromatic rings. The van der Waals surface area contributed by atoms with Crippen LogP contribution in [0.2, 0.25) is 10.2 Å². The van der Waals surface area contributed by atoms with Gasteiger partial charge in [-0.25, -0.2) is 18.2 Å². The molecule has 1 heterocycles. The molecule has 3 aromatic carbocycles. The maximum absolute atomic E-state index is 13.0. The van der Waals surface area contributed by atoms with Crippen molar-refractivity contribution in [1.29, 1.82) is 0 Å². The summed E-state index contributed by atoms with van der Waals surface area (Å²) in [6.45, 7) is 0.0320. The Bertz CT molecular complexity index is 1540. The Morgan fingerprint density at radius 1 is 1.03 bits per heavy atom. The van der Waals surface area contributed by atoms with Gasteiger partial charge < -0.3 is 20.9 Å². The van der Waals surface area contributed by atoms with Gasteiger partial charge in [0, 0.05) is 29.9 Å². The SMILES string of the molecule is CNc1ccc(-c2nc([C@H](Cc3ccccc3)NC(=O)NCc3cc(Cl)ccc3NS(C)(=O)=O)[nH]c2Cl)cc1. The minimum Gasteiger partial charge on any atom is -0.388 e. The molecular formula is C27H28Cl2N6O3S. The quantitative estimate of drug-likeness (QED) is 0.166.